The second-order valence-corrected chi connectivity index (χ2v) is 3.59. The molecular formula is C14H14O3. The van der Waals surface area contributed by atoms with Gasteiger partial charge < -0.3 is 14.6 Å². The van der Waals surface area contributed by atoms with Crippen LogP contribution in [0.2, 0.25) is 0 Å². The molecule has 0 aromatic heterocycles. The summed E-state index contributed by atoms with van der Waals surface area (Å²) >= 11 is 0. The van der Waals surface area contributed by atoms with Crippen molar-refractivity contribution in [2.24, 2.45) is 0 Å². The Hall–Kier alpha value is -2.16. The lowest BCUT2D eigenvalue weighted by Crippen LogP contribution is -1.92. The van der Waals surface area contributed by atoms with Crippen molar-refractivity contribution in [1.29, 1.82) is 0 Å². The summed E-state index contributed by atoms with van der Waals surface area (Å²) in [4.78, 5) is 0. The molecule has 0 saturated carbocycles. The average Bonchev–Trinajstić information content (AvgIpc) is 2.37. The van der Waals surface area contributed by atoms with Crippen molar-refractivity contribution in [1.82, 2.24) is 0 Å². The smallest absolute Gasteiger partial charge is 0.130 e. The Bertz CT molecular complexity index is 498. The molecule has 0 atom stereocenters. The molecule has 1 N–H and O–H groups in total. The van der Waals surface area contributed by atoms with Crippen LogP contribution < -0.4 is 9.47 Å². The Morgan fingerprint density at radius 2 is 1.47 bits per heavy atom. The topological polar surface area (TPSA) is 38.7 Å². The van der Waals surface area contributed by atoms with Gasteiger partial charge in [-0.2, -0.15) is 0 Å². The minimum Gasteiger partial charge on any atom is -0.508 e. The molecule has 0 radical (unpaired) electrons. The lowest BCUT2D eigenvalue weighted by molar-refractivity contribution is 0.397. The van der Waals surface area contributed by atoms with Gasteiger partial charge in [0.1, 0.15) is 17.2 Å². The van der Waals surface area contributed by atoms with Crippen molar-refractivity contribution in [3.8, 4) is 28.4 Å². The standard InChI is InChI=1S/C14H14O3/c1-16-12-7-4-8-13(17-2)14(12)10-5-3-6-11(15)9-10/h3-9,15H,1-2H3. The first-order chi connectivity index (χ1) is 8.26. The first-order valence-corrected chi connectivity index (χ1v) is 5.26. The summed E-state index contributed by atoms with van der Waals surface area (Å²) in [6.45, 7) is 0. The number of hydrogen-bond acceptors (Lipinski definition) is 3. The minimum atomic E-state index is 0.218. The van der Waals surface area contributed by atoms with Crippen molar-refractivity contribution < 1.29 is 14.6 Å². The Labute approximate surface area is 100 Å². The predicted octanol–water partition coefficient (Wildman–Crippen LogP) is 3.08. The van der Waals surface area contributed by atoms with Gasteiger partial charge in [-0.05, 0) is 29.8 Å². The molecule has 2 aromatic rings. The van der Waals surface area contributed by atoms with Gasteiger partial charge in [0.05, 0.1) is 19.8 Å². The summed E-state index contributed by atoms with van der Waals surface area (Å²) in [5.74, 6) is 1.65. The first kappa shape index (κ1) is 11.3. The number of hydrogen-bond donors (Lipinski definition) is 1. The Morgan fingerprint density at radius 1 is 0.882 bits per heavy atom. The van der Waals surface area contributed by atoms with Gasteiger partial charge in [0.15, 0.2) is 0 Å². The fourth-order valence-corrected chi connectivity index (χ4v) is 1.80. The van der Waals surface area contributed by atoms with Gasteiger partial charge in [-0.3, -0.25) is 0 Å². The van der Waals surface area contributed by atoms with E-state index in [9.17, 15) is 5.11 Å². The molecule has 0 amide bonds. The highest BCUT2D eigenvalue weighted by atomic mass is 16.5. The highest BCUT2D eigenvalue weighted by molar-refractivity contribution is 5.77. The molecule has 2 aromatic carbocycles. The molecule has 0 aliphatic carbocycles. The predicted molar refractivity (Wildman–Crippen MR) is 66.6 cm³/mol. The fourth-order valence-electron chi connectivity index (χ4n) is 1.80. The number of ether oxygens (including phenoxy) is 2. The van der Waals surface area contributed by atoms with Crippen molar-refractivity contribution in [3.63, 3.8) is 0 Å². The van der Waals surface area contributed by atoms with E-state index in [2.05, 4.69) is 0 Å². The van der Waals surface area contributed by atoms with E-state index in [1.807, 2.05) is 24.3 Å². The van der Waals surface area contributed by atoms with Crippen molar-refractivity contribution in [3.05, 3.63) is 42.5 Å². The SMILES string of the molecule is COc1cccc(OC)c1-c1cccc(O)c1. The third kappa shape index (κ3) is 2.18. The maximum atomic E-state index is 9.52. The Morgan fingerprint density at radius 3 is 2.00 bits per heavy atom. The van der Waals surface area contributed by atoms with Crippen LogP contribution in [0.1, 0.15) is 0 Å². The van der Waals surface area contributed by atoms with Crippen LogP contribution in [0.3, 0.4) is 0 Å². The summed E-state index contributed by atoms with van der Waals surface area (Å²) in [5.41, 5.74) is 1.70. The summed E-state index contributed by atoms with van der Waals surface area (Å²) in [6.07, 6.45) is 0. The van der Waals surface area contributed by atoms with Gasteiger partial charge in [-0.1, -0.05) is 18.2 Å². The zero-order chi connectivity index (χ0) is 12.3. The number of phenolic OH excluding ortho intramolecular Hbond substituents is 1. The quantitative estimate of drug-likeness (QED) is 0.880. The van der Waals surface area contributed by atoms with Gasteiger partial charge in [0.25, 0.3) is 0 Å². The summed E-state index contributed by atoms with van der Waals surface area (Å²) in [7, 11) is 3.22. The summed E-state index contributed by atoms with van der Waals surface area (Å²) < 4.78 is 10.6. The molecule has 88 valence electrons. The number of methoxy groups -OCH3 is 2. The molecule has 17 heavy (non-hydrogen) atoms. The molecule has 0 fully saturated rings. The normalized spacial score (nSPS) is 10.0. The van der Waals surface area contributed by atoms with Gasteiger partial charge in [-0.15, -0.1) is 0 Å². The second kappa shape index (κ2) is 4.78. The van der Waals surface area contributed by atoms with Gasteiger partial charge in [0, 0.05) is 0 Å². The van der Waals surface area contributed by atoms with Crippen molar-refractivity contribution in [2.75, 3.05) is 14.2 Å². The van der Waals surface area contributed by atoms with Crippen molar-refractivity contribution >= 4 is 0 Å². The van der Waals surface area contributed by atoms with E-state index in [-0.39, 0.29) is 5.75 Å². The molecule has 0 spiro atoms. The maximum Gasteiger partial charge on any atom is 0.130 e. The first-order valence-electron chi connectivity index (χ1n) is 5.26. The molecule has 0 saturated heterocycles. The van der Waals surface area contributed by atoms with Crippen LogP contribution in [0.25, 0.3) is 11.1 Å². The highest BCUT2D eigenvalue weighted by Crippen LogP contribution is 2.38. The largest absolute Gasteiger partial charge is 0.508 e. The third-order valence-corrected chi connectivity index (χ3v) is 2.56. The number of benzene rings is 2. The highest BCUT2D eigenvalue weighted by Gasteiger charge is 2.12. The molecule has 3 heteroatoms. The van der Waals surface area contributed by atoms with E-state index < -0.39 is 0 Å². The van der Waals surface area contributed by atoms with Crippen LogP contribution in [0.15, 0.2) is 42.5 Å². The lowest BCUT2D eigenvalue weighted by atomic mass is 10.0. The van der Waals surface area contributed by atoms with Crippen molar-refractivity contribution in [2.45, 2.75) is 0 Å². The molecule has 0 heterocycles. The summed E-state index contributed by atoms with van der Waals surface area (Å²) in [6, 6.07) is 12.6. The maximum absolute atomic E-state index is 9.52. The number of aromatic hydroxyl groups is 1. The van der Waals surface area contributed by atoms with Crippen LogP contribution in [0.5, 0.6) is 17.2 Å². The van der Waals surface area contributed by atoms with E-state index in [0.29, 0.717) is 0 Å². The minimum absolute atomic E-state index is 0.218. The van der Waals surface area contributed by atoms with Crippen LogP contribution >= 0.6 is 0 Å². The third-order valence-electron chi connectivity index (χ3n) is 2.56. The Balaban J connectivity index is 2.64. The molecule has 3 nitrogen and oxygen atoms in total. The van der Waals surface area contributed by atoms with E-state index in [4.69, 9.17) is 9.47 Å². The lowest BCUT2D eigenvalue weighted by Gasteiger charge is -2.13. The molecule has 0 bridgehead atoms. The molecule has 0 aliphatic rings. The zero-order valence-corrected chi connectivity index (χ0v) is 9.81. The van der Waals surface area contributed by atoms with Crippen LogP contribution in [-0.2, 0) is 0 Å². The van der Waals surface area contributed by atoms with E-state index in [0.717, 1.165) is 22.6 Å². The molecule has 2 rings (SSSR count). The van der Waals surface area contributed by atoms with Crippen LogP contribution in [0, 0.1) is 0 Å². The summed E-state index contributed by atoms with van der Waals surface area (Å²) in [5, 5.41) is 9.52. The number of rotatable bonds is 3. The van der Waals surface area contributed by atoms with E-state index >= 15 is 0 Å². The second-order valence-electron chi connectivity index (χ2n) is 3.59. The fraction of sp³-hybridized carbons (Fsp3) is 0.143. The van der Waals surface area contributed by atoms with Gasteiger partial charge >= 0.3 is 0 Å². The Kier molecular flexibility index (Phi) is 3.19. The average molecular weight is 230 g/mol. The zero-order valence-electron chi connectivity index (χ0n) is 9.81. The van der Waals surface area contributed by atoms with Crippen LogP contribution in [-0.4, -0.2) is 19.3 Å². The molecule has 0 unspecified atom stereocenters. The van der Waals surface area contributed by atoms with E-state index in [1.54, 1.807) is 32.4 Å². The van der Waals surface area contributed by atoms with Crippen LogP contribution in [0.4, 0.5) is 0 Å². The van der Waals surface area contributed by atoms with Gasteiger partial charge in [-0.25, -0.2) is 0 Å². The monoisotopic (exact) mass is 230 g/mol. The molecular weight excluding hydrogens is 216 g/mol. The number of phenols is 1. The van der Waals surface area contributed by atoms with E-state index in [1.165, 1.54) is 0 Å². The van der Waals surface area contributed by atoms with Gasteiger partial charge in [0.2, 0.25) is 0 Å². The molecule has 0 aliphatic heterocycles.